The van der Waals surface area contributed by atoms with Crippen molar-refractivity contribution in [1.29, 1.82) is 0 Å². The number of hydrogen-bond acceptors (Lipinski definition) is 4. The van der Waals surface area contributed by atoms with Crippen LogP contribution in [-0.2, 0) is 23.1 Å². The van der Waals surface area contributed by atoms with Crippen molar-refractivity contribution in [2.75, 3.05) is 0 Å². The number of fused-ring (bicyclic) bond motifs is 1. The van der Waals surface area contributed by atoms with Gasteiger partial charge >= 0.3 is 0 Å². The topological polar surface area (TPSA) is 50.3 Å². The summed E-state index contributed by atoms with van der Waals surface area (Å²) in [5.41, 5.74) is 2.55. The Kier molecular flexibility index (Phi) is 3.36. The molecule has 0 aliphatic carbocycles. The summed E-state index contributed by atoms with van der Waals surface area (Å²) in [6.07, 6.45) is 0. The number of thiazole rings is 1. The third kappa shape index (κ3) is 2.26. The highest BCUT2D eigenvalue weighted by Gasteiger charge is 2.33. The van der Waals surface area contributed by atoms with Crippen LogP contribution in [0.4, 0.5) is 0 Å². The van der Waals surface area contributed by atoms with Crippen molar-refractivity contribution in [1.82, 2.24) is 9.29 Å². The van der Waals surface area contributed by atoms with E-state index >= 15 is 0 Å². The Morgan fingerprint density at radius 3 is 2.60 bits per heavy atom. The second-order valence-electron chi connectivity index (χ2n) is 4.79. The van der Waals surface area contributed by atoms with E-state index < -0.39 is 10.0 Å². The Hall–Kier alpha value is -0.950. The van der Waals surface area contributed by atoms with Crippen LogP contribution in [0.2, 0.25) is 5.02 Å². The lowest BCUT2D eigenvalue weighted by molar-refractivity contribution is 0.432. The Morgan fingerprint density at radius 1 is 1.25 bits per heavy atom. The molecule has 0 bridgehead atoms. The normalized spacial score (nSPS) is 15.6. The van der Waals surface area contributed by atoms with E-state index in [1.54, 1.807) is 13.0 Å². The number of sulfonamides is 1. The van der Waals surface area contributed by atoms with Gasteiger partial charge in [0.05, 0.1) is 10.7 Å². The molecule has 3 rings (SSSR count). The molecule has 0 unspecified atom stereocenters. The van der Waals surface area contributed by atoms with Crippen LogP contribution in [0.1, 0.15) is 21.8 Å². The first-order valence-corrected chi connectivity index (χ1v) is 8.73. The van der Waals surface area contributed by atoms with Gasteiger partial charge in [0, 0.05) is 18.1 Å². The van der Waals surface area contributed by atoms with Crippen LogP contribution in [0.3, 0.4) is 0 Å². The highest BCUT2D eigenvalue weighted by molar-refractivity contribution is 7.91. The highest BCUT2D eigenvalue weighted by Crippen LogP contribution is 2.33. The van der Waals surface area contributed by atoms with Crippen molar-refractivity contribution < 1.29 is 8.42 Å². The summed E-state index contributed by atoms with van der Waals surface area (Å²) in [6, 6.07) is 5.51. The molecule has 2 aromatic rings. The number of benzene rings is 1. The molecule has 7 heteroatoms. The summed E-state index contributed by atoms with van der Waals surface area (Å²) in [6.45, 7) is 4.31. The number of halogens is 1. The minimum absolute atomic E-state index is 0.342. The second-order valence-corrected chi connectivity index (χ2v) is 8.56. The van der Waals surface area contributed by atoms with E-state index in [2.05, 4.69) is 4.98 Å². The summed E-state index contributed by atoms with van der Waals surface area (Å²) >= 11 is 7.18. The predicted octanol–water partition coefficient (Wildman–Crippen LogP) is 3.12. The fraction of sp³-hybridized carbons (Fsp3) is 0.308. The number of hydrogen-bond donors (Lipinski definition) is 0. The molecule has 0 N–H and O–H groups in total. The lowest BCUT2D eigenvalue weighted by atomic mass is 10.1. The molecule has 2 heterocycles. The zero-order valence-corrected chi connectivity index (χ0v) is 13.4. The standard InChI is InChI=1S/C13H13ClN2O2S2/c1-8-13(19-9(2)15-8)20(17,18)16-6-10-3-4-12(14)5-11(10)7-16/h3-5H,6-7H2,1-2H3. The van der Waals surface area contributed by atoms with Crippen LogP contribution in [0, 0.1) is 13.8 Å². The average Bonchev–Trinajstić information content (AvgIpc) is 2.92. The molecule has 106 valence electrons. The second kappa shape index (κ2) is 4.80. The molecule has 0 amide bonds. The molecule has 0 fully saturated rings. The minimum atomic E-state index is -3.48. The summed E-state index contributed by atoms with van der Waals surface area (Å²) in [5, 5.41) is 1.40. The van der Waals surface area contributed by atoms with Crippen LogP contribution in [-0.4, -0.2) is 17.7 Å². The van der Waals surface area contributed by atoms with E-state index in [4.69, 9.17) is 11.6 Å². The van der Waals surface area contributed by atoms with Gasteiger partial charge in [-0.2, -0.15) is 4.31 Å². The third-order valence-corrected chi connectivity index (χ3v) is 6.98. The molecule has 0 atom stereocenters. The minimum Gasteiger partial charge on any atom is -0.245 e. The van der Waals surface area contributed by atoms with Gasteiger partial charge in [-0.25, -0.2) is 13.4 Å². The predicted molar refractivity (Wildman–Crippen MR) is 79.5 cm³/mol. The first kappa shape index (κ1) is 14.0. The van der Waals surface area contributed by atoms with Crippen molar-refractivity contribution in [3.63, 3.8) is 0 Å². The van der Waals surface area contributed by atoms with Gasteiger partial charge in [-0.1, -0.05) is 17.7 Å². The SMILES string of the molecule is Cc1nc(C)c(S(=O)(=O)N2Cc3ccc(Cl)cc3C2)s1. The smallest absolute Gasteiger partial charge is 0.245 e. The average molecular weight is 329 g/mol. The Morgan fingerprint density at radius 2 is 1.95 bits per heavy atom. The summed E-state index contributed by atoms with van der Waals surface area (Å²) in [4.78, 5) is 4.20. The molecule has 1 aliphatic heterocycles. The van der Waals surface area contributed by atoms with E-state index in [-0.39, 0.29) is 0 Å². The molecule has 0 saturated carbocycles. The van der Waals surface area contributed by atoms with E-state index in [1.807, 2.05) is 19.1 Å². The fourth-order valence-corrected chi connectivity index (χ4v) is 5.58. The monoisotopic (exact) mass is 328 g/mol. The van der Waals surface area contributed by atoms with Crippen molar-refractivity contribution >= 4 is 33.0 Å². The third-order valence-electron chi connectivity index (χ3n) is 3.30. The van der Waals surface area contributed by atoms with Crippen LogP contribution in [0.15, 0.2) is 22.4 Å². The zero-order chi connectivity index (χ0) is 14.5. The van der Waals surface area contributed by atoms with Gasteiger partial charge < -0.3 is 0 Å². The Balaban J connectivity index is 1.98. The molecule has 0 saturated heterocycles. The number of rotatable bonds is 2. The van der Waals surface area contributed by atoms with E-state index in [0.29, 0.717) is 28.0 Å². The Bertz CT molecular complexity index is 784. The zero-order valence-electron chi connectivity index (χ0n) is 11.1. The van der Waals surface area contributed by atoms with Crippen molar-refractivity contribution in [2.45, 2.75) is 31.1 Å². The van der Waals surface area contributed by atoms with Gasteiger partial charge in [0.2, 0.25) is 0 Å². The van der Waals surface area contributed by atoms with Gasteiger partial charge in [-0.3, -0.25) is 0 Å². The van der Waals surface area contributed by atoms with Gasteiger partial charge in [-0.05, 0) is 37.1 Å². The molecule has 4 nitrogen and oxygen atoms in total. The van der Waals surface area contributed by atoms with Gasteiger partial charge in [0.25, 0.3) is 10.0 Å². The molecule has 1 aliphatic rings. The molecule has 1 aromatic heterocycles. The molecule has 20 heavy (non-hydrogen) atoms. The summed E-state index contributed by atoms with van der Waals surface area (Å²) in [5.74, 6) is 0. The van der Waals surface area contributed by atoms with Crippen LogP contribution >= 0.6 is 22.9 Å². The quantitative estimate of drug-likeness (QED) is 0.851. The van der Waals surface area contributed by atoms with Crippen molar-refractivity contribution in [2.24, 2.45) is 0 Å². The maximum Gasteiger partial charge on any atom is 0.255 e. The highest BCUT2D eigenvalue weighted by atomic mass is 35.5. The Labute approximate surface area is 127 Å². The van der Waals surface area contributed by atoms with E-state index in [1.165, 1.54) is 15.6 Å². The molecule has 0 spiro atoms. The van der Waals surface area contributed by atoms with Crippen molar-refractivity contribution in [3.8, 4) is 0 Å². The maximum absolute atomic E-state index is 12.7. The van der Waals surface area contributed by atoms with Crippen LogP contribution < -0.4 is 0 Å². The fourth-order valence-electron chi connectivity index (χ4n) is 2.37. The van der Waals surface area contributed by atoms with E-state index in [9.17, 15) is 8.42 Å². The van der Waals surface area contributed by atoms with E-state index in [0.717, 1.165) is 16.1 Å². The van der Waals surface area contributed by atoms with Crippen LogP contribution in [0.5, 0.6) is 0 Å². The first-order chi connectivity index (χ1) is 9.38. The van der Waals surface area contributed by atoms with Gasteiger partial charge in [-0.15, -0.1) is 11.3 Å². The maximum atomic E-state index is 12.7. The molecule has 1 aromatic carbocycles. The number of aromatic nitrogens is 1. The summed E-state index contributed by atoms with van der Waals surface area (Å²) < 4.78 is 27.2. The number of nitrogens with zero attached hydrogens (tertiary/aromatic N) is 2. The van der Waals surface area contributed by atoms with Gasteiger partial charge in [0.1, 0.15) is 0 Å². The lowest BCUT2D eigenvalue weighted by Gasteiger charge is -2.14. The lowest BCUT2D eigenvalue weighted by Crippen LogP contribution is -2.25. The number of aryl methyl sites for hydroxylation is 2. The summed E-state index contributed by atoms with van der Waals surface area (Å²) in [7, 11) is -3.48. The molecule has 0 radical (unpaired) electrons. The largest absolute Gasteiger partial charge is 0.255 e. The molecular formula is C13H13ClN2O2S2. The van der Waals surface area contributed by atoms with Crippen LogP contribution in [0.25, 0.3) is 0 Å². The van der Waals surface area contributed by atoms with Crippen molar-refractivity contribution in [3.05, 3.63) is 45.1 Å². The molecular weight excluding hydrogens is 316 g/mol. The first-order valence-electron chi connectivity index (χ1n) is 6.09. The van der Waals surface area contributed by atoms with Gasteiger partial charge in [0.15, 0.2) is 4.21 Å².